The Hall–Kier alpha value is -0.120. The Kier molecular flexibility index (Phi) is 5.46. The van der Waals surface area contributed by atoms with Crippen LogP contribution in [0.1, 0.15) is 44.9 Å². The average molecular weight is 254 g/mol. The van der Waals surface area contributed by atoms with Gasteiger partial charge in [-0.1, -0.05) is 19.3 Å². The van der Waals surface area contributed by atoms with E-state index in [1.54, 1.807) is 0 Å². The summed E-state index contributed by atoms with van der Waals surface area (Å²) in [6.45, 7) is 4.49. The molecule has 1 saturated heterocycles. The molecule has 3 nitrogen and oxygen atoms in total. The van der Waals surface area contributed by atoms with Crippen LogP contribution in [-0.4, -0.2) is 51.3 Å². The van der Waals surface area contributed by atoms with Gasteiger partial charge < -0.3 is 15.0 Å². The van der Waals surface area contributed by atoms with Crippen molar-refractivity contribution >= 4 is 0 Å². The number of rotatable bonds is 6. The third-order valence-electron chi connectivity index (χ3n) is 4.61. The number of hydrogen-bond acceptors (Lipinski definition) is 3. The van der Waals surface area contributed by atoms with Gasteiger partial charge in [-0.25, -0.2) is 0 Å². The molecule has 18 heavy (non-hydrogen) atoms. The molecule has 2 rings (SSSR count). The van der Waals surface area contributed by atoms with Gasteiger partial charge in [-0.15, -0.1) is 0 Å². The molecule has 0 spiro atoms. The zero-order chi connectivity index (χ0) is 12.8. The van der Waals surface area contributed by atoms with Crippen LogP contribution in [-0.2, 0) is 4.74 Å². The zero-order valence-electron chi connectivity index (χ0n) is 12.2. The van der Waals surface area contributed by atoms with Crippen molar-refractivity contribution in [1.29, 1.82) is 0 Å². The van der Waals surface area contributed by atoms with E-state index in [4.69, 9.17) is 4.74 Å². The van der Waals surface area contributed by atoms with E-state index < -0.39 is 0 Å². The van der Waals surface area contributed by atoms with Crippen LogP contribution in [0.5, 0.6) is 0 Å². The Balaban J connectivity index is 1.82. The second kappa shape index (κ2) is 6.88. The highest BCUT2D eigenvalue weighted by Crippen LogP contribution is 2.36. The van der Waals surface area contributed by atoms with Crippen LogP contribution in [0.25, 0.3) is 0 Å². The van der Waals surface area contributed by atoms with Gasteiger partial charge in [0.2, 0.25) is 0 Å². The lowest BCUT2D eigenvalue weighted by Gasteiger charge is -2.40. The number of ether oxygens (including phenoxy) is 1. The maximum atomic E-state index is 5.75. The van der Waals surface area contributed by atoms with E-state index in [0.29, 0.717) is 11.5 Å². The minimum Gasteiger partial charge on any atom is -0.377 e. The summed E-state index contributed by atoms with van der Waals surface area (Å²) in [5.41, 5.74) is 0.514. The van der Waals surface area contributed by atoms with Gasteiger partial charge >= 0.3 is 0 Å². The molecule has 1 aliphatic heterocycles. The molecule has 0 bridgehead atoms. The Morgan fingerprint density at radius 2 is 2.00 bits per heavy atom. The second-order valence-electron chi connectivity index (χ2n) is 6.42. The summed E-state index contributed by atoms with van der Waals surface area (Å²) in [7, 11) is 4.37. The van der Waals surface area contributed by atoms with Crippen molar-refractivity contribution in [3.63, 3.8) is 0 Å². The first kappa shape index (κ1) is 14.3. The van der Waals surface area contributed by atoms with Crippen LogP contribution < -0.4 is 5.32 Å². The first-order chi connectivity index (χ1) is 8.74. The Morgan fingerprint density at radius 3 is 2.61 bits per heavy atom. The van der Waals surface area contributed by atoms with E-state index >= 15 is 0 Å². The van der Waals surface area contributed by atoms with E-state index in [2.05, 4.69) is 24.3 Å². The molecule has 1 saturated carbocycles. The van der Waals surface area contributed by atoms with E-state index in [1.165, 1.54) is 58.0 Å². The SMILES string of the molecule is CNCC1(CN(C)CC2CCCO2)CCCCC1. The van der Waals surface area contributed by atoms with Crippen molar-refractivity contribution < 1.29 is 4.74 Å². The predicted octanol–water partition coefficient (Wildman–Crippen LogP) is 2.27. The Bertz CT molecular complexity index is 227. The predicted molar refractivity (Wildman–Crippen MR) is 75.9 cm³/mol. The van der Waals surface area contributed by atoms with Gasteiger partial charge in [-0.2, -0.15) is 0 Å². The number of nitrogens with one attached hydrogen (secondary N) is 1. The van der Waals surface area contributed by atoms with Gasteiger partial charge in [-0.05, 0) is 45.2 Å². The number of hydrogen-bond donors (Lipinski definition) is 1. The molecule has 3 heteroatoms. The van der Waals surface area contributed by atoms with E-state index in [0.717, 1.165) is 13.2 Å². The van der Waals surface area contributed by atoms with Crippen LogP contribution in [0.4, 0.5) is 0 Å². The van der Waals surface area contributed by atoms with Crippen molar-refractivity contribution in [1.82, 2.24) is 10.2 Å². The third-order valence-corrected chi connectivity index (χ3v) is 4.61. The van der Waals surface area contributed by atoms with Gasteiger partial charge in [-0.3, -0.25) is 0 Å². The molecule has 1 heterocycles. The minimum absolute atomic E-state index is 0.491. The first-order valence-corrected chi connectivity index (χ1v) is 7.69. The first-order valence-electron chi connectivity index (χ1n) is 7.69. The van der Waals surface area contributed by atoms with Gasteiger partial charge in [0.1, 0.15) is 0 Å². The average Bonchev–Trinajstić information content (AvgIpc) is 2.83. The highest BCUT2D eigenvalue weighted by atomic mass is 16.5. The summed E-state index contributed by atoms with van der Waals surface area (Å²) in [4.78, 5) is 2.51. The minimum atomic E-state index is 0.491. The molecule has 0 radical (unpaired) electrons. The summed E-state index contributed by atoms with van der Waals surface area (Å²) >= 11 is 0. The lowest BCUT2D eigenvalue weighted by molar-refractivity contribution is 0.0545. The van der Waals surface area contributed by atoms with Gasteiger partial charge in [0.25, 0.3) is 0 Å². The van der Waals surface area contributed by atoms with E-state index in [-0.39, 0.29) is 0 Å². The molecule has 0 amide bonds. The number of likely N-dealkylation sites (N-methyl/N-ethyl adjacent to an activating group) is 1. The summed E-state index contributed by atoms with van der Waals surface area (Å²) in [6.07, 6.45) is 10.0. The second-order valence-corrected chi connectivity index (χ2v) is 6.42. The van der Waals surface area contributed by atoms with Crippen molar-refractivity contribution in [3.8, 4) is 0 Å². The van der Waals surface area contributed by atoms with Crippen LogP contribution in [0.3, 0.4) is 0 Å². The topological polar surface area (TPSA) is 24.5 Å². The van der Waals surface area contributed by atoms with Crippen molar-refractivity contribution in [3.05, 3.63) is 0 Å². The van der Waals surface area contributed by atoms with Crippen molar-refractivity contribution in [2.75, 3.05) is 40.3 Å². The molecule has 1 atom stereocenters. The molecule has 1 aliphatic carbocycles. The fraction of sp³-hybridized carbons (Fsp3) is 1.00. The third kappa shape index (κ3) is 3.94. The largest absolute Gasteiger partial charge is 0.377 e. The zero-order valence-corrected chi connectivity index (χ0v) is 12.2. The molecule has 0 aromatic carbocycles. The van der Waals surface area contributed by atoms with Crippen molar-refractivity contribution in [2.45, 2.75) is 51.0 Å². The van der Waals surface area contributed by atoms with Crippen LogP contribution in [0, 0.1) is 5.41 Å². The van der Waals surface area contributed by atoms with E-state index in [9.17, 15) is 0 Å². The molecule has 2 aliphatic rings. The van der Waals surface area contributed by atoms with Gasteiger partial charge in [0, 0.05) is 26.2 Å². The molecule has 106 valence electrons. The molecule has 1 unspecified atom stereocenters. The van der Waals surface area contributed by atoms with Crippen LogP contribution >= 0.6 is 0 Å². The Morgan fingerprint density at radius 1 is 1.22 bits per heavy atom. The molecule has 0 aromatic rings. The molecular formula is C15H30N2O. The summed E-state index contributed by atoms with van der Waals surface area (Å²) in [6, 6.07) is 0. The fourth-order valence-corrected chi connectivity index (χ4v) is 3.84. The molecule has 2 fully saturated rings. The summed E-state index contributed by atoms with van der Waals surface area (Å²) in [5.74, 6) is 0. The quantitative estimate of drug-likeness (QED) is 0.787. The van der Waals surface area contributed by atoms with Gasteiger partial charge in [0.05, 0.1) is 6.10 Å². The van der Waals surface area contributed by atoms with Crippen molar-refractivity contribution in [2.24, 2.45) is 5.41 Å². The monoisotopic (exact) mass is 254 g/mol. The van der Waals surface area contributed by atoms with Crippen LogP contribution in [0.2, 0.25) is 0 Å². The molecular weight excluding hydrogens is 224 g/mol. The lowest BCUT2D eigenvalue weighted by atomic mass is 9.73. The summed E-state index contributed by atoms with van der Waals surface area (Å²) < 4.78 is 5.75. The highest BCUT2D eigenvalue weighted by molar-refractivity contribution is 4.87. The maximum Gasteiger partial charge on any atom is 0.0702 e. The Labute approximate surface area is 112 Å². The summed E-state index contributed by atoms with van der Waals surface area (Å²) in [5, 5.41) is 3.42. The highest BCUT2D eigenvalue weighted by Gasteiger charge is 2.33. The maximum absolute atomic E-state index is 5.75. The molecule has 1 N–H and O–H groups in total. The van der Waals surface area contributed by atoms with E-state index in [1.807, 2.05) is 0 Å². The normalized spacial score (nSPS) is 27.8. The molecule has 0 aromatic heterocycles. The fourth-order valence-electron chi connectivity index (χ4n) is 3.84. The lowest BCUT2D eigenvalue weighted by Crippen LogP contribution is -2.45. The smallest absolute Gasteiger partial charge is 0.0702 e. The van der Waals surface area contributed by atoms with Crippen LogP contribution in [0.15, 0.2) is 0 Å². The standard InChI is InChI=1S/C15H30N2O/c1-16-12-15(8-4-3-5-9-15)13-17(2)11-14-7-6-10-18-14/h14,16H,3-13H2,1-2H3. The van der Waals surface area contributed by atoms with Gasteiger partial charge in [0.15, 0.2) is 0 Å². The number of nitrogens with zero attached hydrogens (tertiary/aromatic N) is 1.